The van der Waals surface area contributed by atoms with Crippen LogP contribution in [0.15, 0.2) is 36.4 Å². The number of allylic oxidation sites excluding steroid dienone is 2. The topological polar surface area (TPSA) is 32.3 Å². The minimum Gasteiger partial charge on any atom is -0.349 e. The number of benzene rings is 1. The van der Waals surface area contributed by atoms with Crippen molar-refractivity contribution in [3.63, 3.8) is 0 Å². The average Bonchev–Trinajstić information content (AvgIpc) is 3.41. The quantitative estimate of drug-likeness (QED) is 0.744. The highest BCUT2D eigenvalue weighted by Crippen LogP contribution is 2.49. The van der Waals surface area contributed by atoms with E-state index >= 15 is 0 Å². The van der Waals surface area contributed by atoms with Crippen molar-refractivity contribution in [3.05, 3.63) is 47.5 Å². The molecule has 156 valence electrons. The normalized spacial score (nSPS) is 35.0. The lowest BCUT2D eigenvalue weighted by atomic mass is 9.63. The van der Waals surface area contributed by atoms with Gasteiger partial charge in [0.15, 0.2) is 0 Å². The van der Waals surface area contributed by atoms with Crippen LogP contribution in [-0.2, 0) is 10.2 Å². The molecule has 1 aliphatic heterocycles. The predicted octanol–water partition coefficient (Wildman–Crippen LogP) is 4.84. The molecule has 2 bridgehead atoms. The molecule has 1 spiro atoms. The third-order valence-electron chi connectivity index (χ3n) is 8.81. The fourth-order valence-electron chi connectivity index (χ4n) is 6.90. The molecule has 6 rings (SSSR count). The number of nitrogens with zero attached hydrogens (tertiary/aromatic N) is 1. The van der Waals surface area contributed by atoms with Gasteiger partial charge in [0.25, 0.3) is 0 Å². The lowest BCUT2D eigenvalue weighted by Crippen LogP contribution is -2.47. The molecule has 29 heavy (non-hydrogen) atoms. The zero-order chi connectivity index (χ0) is 19.4. The van der Waals surface area contributed by atoms with Crippen molar-refractivity contribution in [1.29, 1.82) is 0 Å². The number of likely N-dealkylation sites (tertiary alicyclic amines) is 1. The highest BCUT2D eigenvalue weighted by molar-refractivity contribution is 5.81. The first-order valence-corrected chi connectivity index (χ1v) is 12.0. The fraction of sp³-hybridized carbons (Fsp3) is 0.654. The molecule has 1 N–H and O–H groups in total. The van der Waals surface area contributed by atoms with Crippen molar-refractivity contribution in [3.8, 4) is 0 Å². The van der Waals surface area contributed by atoms with Crippen molar-refractivity contribution < 1.29 is 6.22 Å². The van der Waals surface area contributed by atoms with Crippen molar-refractivity contribution >= 4 is 5.91 Å². The number of nitrogens with one attached hydrogen (secondary N) is 1. The van der Waals surface area contributed by atoms with Crippen molar-refractivity contribution in [2.45, 2.75) is 62.8 Å². The van der Waals surface area contributed by atoms with E-state index < -0.39 is 0 Å². The first kappa shape index (κ1) is 18.2. The Kier molecular flexibility index (Phi) is 4.37. The summed E-state index contributed by atoms with van der Waals surface area (Å²) in [5.74, 6) is 3.23. The molecule has 2 saturated carbocycles. The SMILES string of the molecule is O=C(N[C@H]1CCC2(CCN(CC3CC4C=CC3C4)CC2)c2ccccc21)C1CC1.[HH]. The molecule has 4 atom stereocenters. The van der Waals surface area contributed by atoms with Crippen LogP contribution in [0.1, 0.15) is 70.0 Å². The second-order valence-electron chi connectivity index (χ2n) is 10.6. The summed E-state index contributed by atoms with van der Waals surface area (Å²) in [7, 11) is 0. The molecule has 3 unspecified atom stereocenters. The molecule has 3 nitrogen and oxygen atoms in total. The van der Waals surface area contributed by atoms with Gasteiger partial charge in [0, 0.05) is 13.9 Å². The lowest BCUT2D eigenvalue weighted by molar-refractivity contribution is -0.123. The number of rotatable bonds is 4. The molecule has 1 saturated heterocycles. The molecule has 3 fully saturated rings. The Morgan fingerprint density at radius 2 is 1.90 bits per heavy atom. The first-order valence-electron chi connectivity index (χ1n) is 12.0. The van der Waals surface area contributed by atoms with Gasteiger partial charge in [0.1, 0.15) is 0 Å². The summed E-state index contributed by atoms with van der Waals surface area (Å²) in [5.41, 5.74) is 3.27. The van der Waals surface area contributed by atoms with Gasteiger partial charge in [-0.15, -0.1) is 0 Å². The van der Waals surface area contributed by atoms with E-state index in [0.717, 1.165) is 37.0 Å². The molecular weight excluding hydrogens is 356 g/mol. The van der Waals surface area contributed by atoms with E-state index in [1.807, 2.05) is 0 Å². The van der Waals surface area contributed by atoms with Crippen molar-refractivity contribution in [2.75, 3.05) is 19.6 Å². The number of carbonyl (C=O) groups excluding carboxylic acids is 1. The van der Waals surface area contributed by atoms with E-state index in [-0.39, 0.29) is 13.4 Å². The third-order valence-corrected chi connectivity index (χ3v) is 8.81. The molecule has 4 aliphatic carbocycles. The van der Waals surface area contributed by atoms with Gasteiger partial charge in [-0.2, -0.15) is 0 Å². The Hall–Kier alpha value is -1.61. The zero-order valence-corrected chi connectivity index (χ0v) is 17.5. The summed E-state index contributed by atoms with van der Waals surface area (Å²) in [6.07, 6.45) is 14.9. The Labute approximate surface area is 176 Å². The van der Waals surface area contributed by atoms with Crippen LogP contribution in [0.4, 0.5) is 0 Å². The highest BCUT2D eigenvalue weighted by Gasteiger charge is 2.44. The van der Waals surface area contributed by atoms with Gasteiger partial charge in [0.05, 0.1) is 6.04 Å². The van der Waals surface area contributed by atoms with Crippen LogP contribution in [0, 0.1) is 23.7 Å². The van der Waals surface area contributed by atoms with Crippen LogP contribution >= 0.6 is 0 Å². The summed E-state index contributed by atoms with van der Waals surface area (Å²) < 4.78 is 0. The van der Waals surface area contributed by atoms with Crippen LogP contribution in [0.25, 0.3) is 0 Å². The summed E-state index contributed by atoms with van der Waals surface area (Å²) in [5, 5.41) is 3.38. The number of hydrogen-bond acceptors (Lipinski definition) is 2. The molecule has 5 aliphatic rings. The molecule has 1 heterocycles. The van der Waals surface area contributed by atoms with E-state index in [2.05, 4.69) is 46.6 Å². The van der Waals surface area contributed by atoms with Crippen LogP contribution in [-0.4, -0.2) is 30.4 Å². The van der Waals surface area contributed by atoms with Crippen LogP contribution in [0.5, 0.6) is 0 Å². The average molecular weight is 393 g/mol. The number of fused-ring (bicyclic) bond motifs is 4. The second kappa shape index (κ2) is 6.97. The van der Waals surface area contributed by atoms with E-state index in [0.29, 0.717) is 11.3 Å². The number of amides is 1. The Balaban J connectivity index is 0.00000193. The maximum Gasteiger partial charge on any atom is 0.223 e. The largest absolute Gasteiger partial charge is 0.349 e. The van der Waals surface area contributed by atoms with E-state index in [1.54, 1.807) is 0 Å². The molecule has 3 heteroatoms. The van der Waals surface area contributed by atoms with Gasteiger partial charge in [-0.25, -0.2) is 0 Å². The Morgan fingerprint density at radius 3 is 2.62 bits per heavy atom. The van der Waals surface area contributed by atoms with Crippen molar-refractivity contribution in [1.82, 2.24) is 10.2 Å². The molecule has 1 amide bonds. The molecule has 1 aromatic rings. The van der Waals surface area contributed by atoms with Gasteiger partial charge in [-0.3, -0.25) is 4.79 Å². The predicted molar refractivity (Wildman–Crippen MR) is 118 cm³/mol. The number of carbonyl (C=O) groups is 1. The maximum atomic E-state index is 12.4. The smallest absolute Gasteiger partial charge is 0.223 e. The Bertz CT molecular complexity index is 824. The van der Waals surface area contributed by atoms with Crippen LogP contribution < -0.4 is 5.32 Å². The van der Waals surface area contributed by atoms with Gasteiger partial charge in [-0.05, 0) is 98.8 Å². The lowest BCUT2D eigenvalue weighted by Gasteiger charge is -2.48. The van der Waals surface area contributed by atoms with Gasteiger partial charge >= 0.3 is 0 Å². The summed E-state index contributed by atoms with van der Waals surface area (Å²) in [6.45, 7) is 3.79. The molecular formula is C26H36N2O. The van der Waals surface area contributed by atoms with Gasteiger partial charge in [-0.1, -0.05) is 36.4 Å². The fourth-order valence-corrected chi connectivity index (χ4v) is 6.90. The molecule has 0 aromatic heterocycles. The number of piperidine rings is 1. The summed E-state index contributed by atoms with van der Waals surface area (Å²) in [4.78, 5) is 15.1. The maximum absolute atomic E-state index is 12.4. The minimum absolute atomic E-state index is 0. The van der Waals surface area contributed by atoms with E-state index in [1.165, 1.54) is 62.9 Å². The van der Waals surface area contributed by atoms with E-state index in [4.69, 9.17) is 0 Å². The standard InChI is InChI=1S/C26H34N2O.H2/c29-25(19-7-8-19)27-24-9-10-26(23-4-2-1-3-22(23)24)11-13-28(14-12-26)17-21-16-18-5-6-20(21)15-18;/h1-6,18-21,24H,7-17H2,(H,27,29);1H/t18?,20?,21?,24-;/m0./s1. The van der Waals surface area contributed by atoms with Crippen molar-refractivity contribution in [2.24, 2.45) is 23.7 Å². The minimum atomic E-state index is 0. The van der Waals surface area contributed by atoms with Crippen LogP contribution in [0.3, 0.4) is 0 Å². The highest BCUT2D eigenvalue weighted by atomic mass is 16.2. The zero-order valence-electron chi connectivity index (χ0n) is 17.5. The molecule has 1 aromatic carbocycles. The van der Waals surface area contributed by atoms with E-state index in [9.17, 15) is 4.79 Å². The summed E-state index contributed by atoms with van der Waals surface area (Å²) in [6, 6.07) is 9.23. The molecule has 0 radical (unpaired) electrons. The van der Waals surface area contributed by atoms with Crippen LogP contribution in [0.2, 0.25) is 0 Å². The van der Waals surface area contributed by atoms with Gasteiger partial charge < -0.3 is 10.2 Å². The monoisotopic (exact) mass is 392 g/mol. The Morgan fingerprint density at radius 1 is 1.07 bits per heavy atom. The second-order valence-corrected chi connectivity index (χ2v) is 10.6. The summed E-state index contributed by atoms with van der Waals surface area (Å²) >= 11 is 0. The first-order chi connectivity index (χ1) is 14.2. The number of hydrogen-bond donors (Lipinski definition) is 1. The van der Waals surface area contributed by atoms with Gasteiger partial charge in [0.2, 0.25) is 5.91 Å². The third kappa shape index (κ3) is 3.26.